The third-order valence-corrected chi connectivity index (χ3v) is 4.22. The highest BCUT2D eigenvalue weighted by Crippen LogP contribution is 2.36. The van der Waals surface area contributed by atoms with Crippen LogP contribution in [0.2, 0.25) is 0 Å². The van der Waals surface area contributed by atoms with Crippen LogP contribution in [-0.4, -0.2) is 6.29 Å². The number of carbonyl (C=O) groups is 1. The van der Waals surface area contributed by atoms with E-state index in [4.69, 9.17) is 0 Å². The minimum atomic E-state index is 0.117. The van der Waals surface area contributed by atoms with Gasteiger partial charge in [-0.25, -0.2) is 0 Å². The Bertz CT molecular complexity index is 338. The van der Waals surface area contributed by atoms with Crippen LogP contribution < -0.4 is 0 Å². The van der Waals surface area contributed by atoms with E-state index in [-0.39, 0.29) is 5.92 Å². The van der Waals surface area contributed by atoms with E-state index in [2.05, 4.69) is 40.2 Å². The molecule has 1 aromatic carbocycles. The van der Waals surface area contributed by atoms with E-state index in [0.717, 1.165) is 11.6 Å². The quantitative estimate of drug-likeness (QED) is 0.601. The molecule has 1 atom stereocenters. The molecule has 1 aliphatic carbocycles. The van der Waals surface area contributed by atoms with Crippen molar-refractivity contribution in [1.82, 2.24) is 0 Å². The van der Waals surface area contributed by atoms with E-state index in [0.29, 0.717) is 5.92 Å². The number of carbonyl (C=O) groups excluding carboxylic acids is 1. The maximum atomic E-state index is 11.2. The van der Waals surface area contributed by atoms with Gasteiger partial charge < -0.3 is 4.79 Å². The highest BCUT2D eigenvalue weighted by atomic mass is 79.9. The Morgan fingerprint density at radius 1 is 1.25 bits per heavy atom. The summed E-state index contributed by atoms with van der Waals surface area (Å²) in [6.45, 7) is 0. The second-order valence-corrected chi connectivity index (χ2v) is 5.14. The predicted octanol–water partition coefficient (Wildman–Crippen LogP) is 4.05. The number of rotatable bonds is 4. The van der Waals surface area contributed by atoms with Gasteiger partial charge >= 0.3 is 0 Å². The van der Waals surface area contributed by atoms with Gasteiger partial charge in [0.15, 0.2) is 0 Å². The number of halogens is 1. The van der Waals surface area contributed by atoms with Crippen molar-refractivity contribution in [2.45, 2.75) is 36.9 Å². The number of aldehydes is 1. The van der Waals surface area contributed by atoms with E-state index < -0.39 is 0 Å². The topological polar surface area (TPSA) is 17.1 Å². The maximum absolute atomic E-state index is 11.2. The third kappa shape index (κ3) is 2.54. The fourth-order valence-electron chi connectivity index (χ4n) is 2.61. The summed E-state index contributed by atoms with van der Waals surface area (Å²) in [7, 11) is 0. The molecule has 0 N–H and O–H groups in total. The Morgan fingerprint density at radius 3 is 2.38 bits per heavy atom. The lowest BCUT2D eigenvalue weighted by molar-refractivity contribution is -0.110. The first kappa shape index (κ1) is 11.8. The lowest BCUT2D eigenvalue weighted by atomic mass is 9.86. The van der Waals surface area contributed by atoms with Crippen LogP contribution in [0.4, 0.5) is 0 Å². The molecule has 0 aliphatic heterocycles. The number of hydrogen-bond donors (Lipinski definition) is 0. The van der Waals surface area contributed by atoms with E-state index >= 15 is 0 Å². The van der Waals surface area contributed by atoms with Gasteiger partial charge in [0.1, 0.15) is 6.29 Å². The first-order valence-electron chi connectivity index (χ1n) is 5.95. The summed E-state index contributed by atoms with van der Waals surface area (Å²) in [4.78, 5) is 11.2. The Balaban J connectivity index is 2.15. The van der Waals surface area contributed by atoms with E-state index in [1.165, 1.54) is 36.8 Å². The molecule has 1 nitrogen and oxygen atoms in total. The Kier molecular flexibility index (Phi) is 4.16. The van der Waals surface area contributed by atoms with Gasteiger partial charge in [-0.1, -0.05) is 53.0 Å². The van der Waals surface area contributed by atoms with Crippen LogP contribution in [-0.2, 0) is 10.1 Å². The molecule has 0 aromatic heterocycles. The molecule has 2 heteroatoms. The lowest BCUT2D eigenvalue weighted by Gasteiger charge is -2.18. The zero-order chi connectivity index (χ0) is 11.4. The van der Waals surface area contributed by atoms with Crippen molar-refractivity contribution in [2.75, 3.05) is 0 Å². The highest BCUT2D eigenvalue weighted by molar-refractivity contribution is 9.08. The zero-order valence-corrected chi connectivity index (χ0v) is 10.9. The van der Waals surface area contributed by atoms with E-state index in [9.17, 15) is 4.79 Å². The smallest absolute Gasteiger partial charge is 0.127 e. The average molecular weight is 281 g/mol. The predicted molar refractivity (Wildman–Crippen MR) is 69.8 cm³/mol. The molecule has 2 rings (SSSR count). The summed E-state index contributed by atoms with van der Waals surface area (Å²) in [5.74, 6) is 0.694. The minimum Gasteiger partial charge on any atom is -0.303 e. The average Bonchev–Trinajstić information content (AvgIpc) is 2.85. The first-order valence-corrected chi connectivity index (χ1v) is 7.07. The fraction of sp³-hybridized carbons (Fsp3) is 0.500. The highest BCUT2D eigenvalue weighted by Gasteiger charge is 2.25. The third-order valence-electron chi connectivity index (χ3n) is 3.57. The summed E-state index contributed by atoms with van der Waals surface area (Å²) in [6, 6.07) is 8.42. The van der Waals surface area contributed by atoms with Gasteiger partial charge in [0.05, 0.1) is 0 Å². The van der Waals surface area contributed by atoms with E-state index in [1.807, 2.05) is 0 Å². The largest absolute Gasteiger partial charge is 0.303 e. The van der Waals surface area contributed by atoms with Crippen LogP contribution >= 0.6 is 15.9 Å². The summed E-state index contributed by atoms with van der Waals surface area (Å²) in [6.07, 6.45) is 6.13. The van der Waals surface area contributed by atoms with Crippen LogP contribution in [0.5, 0.6) is 0 Å². The Hall–Kier alpha value is -0.630. The molecule has 1 aliphatic rings. The first-order chi connectivity index (χ1) is 7.85. The molecular formula is C14H17BrO. The molecule has 1 fully saturated rings. The lowest BCUT2D eigenvalue weighted by Crippen LogP contribution is -2.11. The van der Waals surface area contributed by atoms with Crippen molar-refractivity contribution in [3.63, 3.8) is 0 Å². The number of hydrogen-bond acceptors (Lipinski definition) is 1. The molecule has 16 heavy (non-hydrogen) atoms. The number of alkyl halides is 1. The second-order valence-electron chi connectivity index (χ2n) is 4.58. The van der Waals surface area contributed by atoms with Crippen molar-refractivity contribution in [1.29, 1.82) is 0 Å². The molecule has 1 aromatic rings. The SMILES string of the molecule is O=CC(c1ccc(CBr)cc1)C1CCCC1. The number of benzene rings is 1. The monoisotopic (exact) mass is 280 g/mol. The van der Waals surface area contributed by atoms with E-state index in [1.54, 1.807) is 0 Å². The molecule has 0 radical (unpaired) electrons. The van der Waals surface area contributed by atoms with Crippen molar-refractivity contribution in [3.8, 4) is 0 Å². The second kappa shape index (κ2) is 5.62. The molecule has 86 valence electrons. The van der Waals surface area contributed by atoms with Crippen LogP contribution in [0.3, 0.4) is 0 Å². The van der Waals surface area contributed by atoms with Crippen LogP contribution in [0.1, 0.15) is 42.7 Å². The van der Waals surface area contributed by atoms with Crippen molar-refractivity contribution in [3.05, 3.63) is 35.4 Å². The van der Waals surface area contributed by atoms with Crippen LogP contribution in [0.25, 0.3) is 0 Å². The Labute approximate surface area is 105 Å². The standard InChI is InChI=1S/C14H17BrO/c15-9-11-5-7-13(8-6-11)14(10-16)12-3-1-2-4-12/h5-8,10,12,14H,1-4,9H2. The molecule has 0 saturated heterocycles. The van der Waals surface area contributed by atoms with Gasteiger partial charge in [-0.2, -0.15) is 0 Å². The molecule has 1 unspecified atom stereocenters. The zero-order valence-electron chi connectivity index (χ0n) is 9.36. The summed E-state index contributed by atoms with van der Waals surface area (Å²) in [5.41, 5.74) is 2.45. The molecule has 0 amide bonds. The minimum absolute atomic E-state index is 0.117. The Morgan fingerprint density at radius 2 is 1.88 bits per heavy atom. The molecule has 0 heterocycles. The van der Waals surface area contributed by atoms with Gasteiger partial charge in [-0.15, -0.1) is 0 Å². The van der Waals surface area contributed by atoms with Gasteiger partial charge in [0.25, 0.3) is 0 Å². The van der Waals surface area contributed by atoms with Crippen LogP contribution in [0.15, 0.2) is 24.3 Å². The summed E-state index contributed by atoms with van der Waals surface area (Å²) in [5, 5.41) is 0.877. The van der Waals surface area contributed by atoms with Crippen molar-refractivity contribution >= 4 is 22.2 Å². The van der Waals surface area contributed by atoms with Crippen molar-refractivity contribution < 1.29 is 4.79 Å². The maximum Gasteiger partial charge on any atom is 0.127 e. The normalized spacial score (nSPS) is 18.6. The molecule has 0 spiro atoms. The van der Waals surface area contributed by atoms with Gasteiger partial charge in [0, 0.05) is 11.2 Å². The summed E-state index contributed by atoms with van der Waals surface area (Å²) >= 11 is 3.43. The van der Waals surface area contributed by atoms with Gasteiger partial charge in [0.2, 0.25) is 0 Å². The molecule has 0 bridgehead atoms. The fourth-order valence-corrected chi connectivity index (χ4v) is 2.98. The summed E-state index contributed by atoms with van der Waals surface area (Å²) < 4.78 is 0. The molecular weight excluding hydrogens is 264 g/mol. The molecule has 1 saturated carbocycles. The van der Waals surface area contributed by atoms with Crippen molar-refractivity contribution in [2.24, 2.45) is 5.92 Å². The van der Waals surface area contributed by atoms with Gasteiger partial charge in [-0.3, -0.25) is 0 Å². The van der Waals surface area contributed by atoms with Gasteiger partial charge in [-0.05, 0) is 29.9 Å². The van der Waals surface area contributed by atoms with Crippen LogP contribution in [0, 0.1) is 5.92 Å².